The summed E-state index contributed by atoms with van der Waals surface area (Å²) in [4.78, 5) is 12.4. The van der Waals surface area contributed by atoms with Gasteiger partial charge in [-0.3, -0.25) is 4.79 Å². The molecule has 6 nitrogen and oxygen atoms in total. The zero-order valence-electron chi connectivity index (χ0n) is 15.1. The summed E-state index contributed by atoms with van der Waals surface area (Å²) in [7, 11) is 0. The van der Waals surface area contributed by atoms with Crippen molar-refractivity contribution < 1.29 is 9.53 Å². The highest BCUT2D eigenvalue weighted by atomic mass is 35.5. The lowest BCUT2D eigenvalue weighted by atomic mass is 9.88. The van der Waals surface area contributed by atoms with Gasteiger partial charge in [0.2, 0.25) is 5.91 Å². The number of carbonyl (C=O) groups is 1. The molecule has 2 unspecified atom stereocenters. The number of morpholine rings is 1. The standard InChI is InChI=1S/C19H24N4O2.2ClH/c24-19(12-15-13-25-11-10-20-15)22-18-8-9-21-23(18)17-7-3-5-14-4-1-2-6-16(14)17;;/h1-2,4,6,8-9,15,17,20H,3,5,7,10-13H2,(H,22,24);2*1H. The number of aryl methyl sites for hydroxylation is 1. The summed E-state index contributed by atoms with van der Waals surface area (Å²) >= 11 is 0. The molecule has 0 spiro atoms. The van der Waals surface area contributed by atoms with Gasteiger partial charge < -0.3 is 15.4 Å². The quantitative estimate of drug-likeness (QED) is 0.809. The second-order valence-corrected chi connectivity index (χ2v) is 6.75. The smallest absolute Gasteiger partial charge is 0.227 e. The second kappa shape index (κ2) is 10.1. The van der Waals surface area contributed by atoms with Crippen LogP contribution in [0.2, 0.25) is 0 Å². The van der Waals surface area contributed by atoms with Crippen molar-refractivity contribution in [1.29, 1.82) is 0 Å². The van der Waals surface area contributed by atoms with Gasteiger partial charge in [-0.05, 0) is 30.4 Å². The van der Waals surface area contributed by atoms with Crippen molar-refractivity contribution in [3.8, 4) is 0 Å². The minimum atomic E-state index is -0.00570. The van der Waals surface area contributed by atoms with Crippen LogP contribution in [0.5, 0.6) is 0 Å². The lowest BCUT2D eigenvalue weighted by Gasteiger charge is -2.27. The van der Waals surface area contributed by atoms with E-state index in [-0.39, 0.29) is 42.8 Å². The third kappa shape index (κ3) is 5.02. The van der Waals surface area contributed by atoms with Gasteiger partial charge in [0.1, 0.15) is 5.82 Å². The molecule has 1 amide bonds. The molecule has 0 bridgehead atoms. The molecule has 1 aromatic heterocycles. The van der Waals surface area contributed by atoms with Gasteiger partial charge in [-0.25, -0.2) is 4.68 Å². The van der Waals surface area contributed by atoms with Gasteiger partial charge in [-0.2, -0.15) is 5.10 Å². The van der Waals surface area contributed by atoms with Gasteiger partial charge in [0.25, 0.3) is 0 Å². The number of fused-ring (bicyclic) bond motifs is 1. The van der Waals surface area contributed by atoms with Crippen LogP contribution in [0.25, 0.3) is 0 Å². The number of benzene rings is 1. The number of hydrogen-bond acceptors (Lipinski definition) is 4. The van der Waals surface area contributed by atoms with E-state index in [2.05, 4.69) is 40.0 Å². The van der Waals surface area contributed by atoms with E-state index in [0.29, 0.717) is 19.6 Å². The summed E-state index contributed by atoms with van der Waals surface area (Å²) < 4.78 is 7.38. The Morgan fingerprint density at radius 1 is 1.30 bits per heavy atom. The minimum Gasteiger partial charge on any atom is -0.378 e. The first-order chi connectivity index (χ1) is 12.3. The van der Waals surface area contributed by atoms with E-state index in [0.717, 1.165) is 31.6 Å². The first-order valence-electron chi connectivity index (χ1n) is 9.03. The summed E-state index contributed by atoms with van der Waals surface area (Å²) in [6.07, 6.45) is 5.46. The topological polar surface area (TPSA) is 68.2 Å². The Morgan fingerprint density at radius 3 is 2.96 bits per heavy atom. The first kappa shape index (κ1) is 21.7. The molecule has 27 heavy (non-hydrogen) atoms. The number of hydrogen-bond donors (Lipinski definition) is 2. The molecule has 1 aromatic carbocycles. The van der Waals surface area contributed by atoms with E-state index in [1.54, 1.807) is 6.20 Å². The lowest BCUT2D eigenvalue weighted by Crippen LogP contribution is -2.43. The predicted molar refractivity (Wildman–Crippen MR) is 110 cm³/mol. The minimum absolute atomic E-state index is 0. The van der Waals surface area contributed by atoms with Crippen LogP contribution in [0.1, 0.15) is 36.4 Å². The van der Waals surface area contributed by atoms with Crippen molar-refractivity contribution in [2.75, 3.05) is 25.1 Å². The number of aromatic nitrogens is 2. The molecule has 4 rings (SSSR count). The van der Waals surface area contributed by atoms with E-state index >= 15 is 0 Å². The summed E-state index contributed by atoms with van der Waals surface area (Å²) in [5.74, 6) is 0.761. The van der Waals surface area contributed by atoms with Crippen LogP contribution < -0.4 is 10.6 Å². The molecule has 2 atom stereocenters. The van der Waals surface area contributed by atoms with E-state index in [1.165, 1.54) is 11.1 Å². The zero-order valence-corrected chi connectivity index (χ0v) is 16.7. The van der Waals surface area contributed by atoms with Crippen molar-refractivity contribution in [3.63, 3.8) is 0 Å². The summed E-state index contributed by atoms with van der Waals surface area (Å²) in [5, 5.41) is 10.8. The van der Waals surface area contributed by atoms with Crippen molar-refractivity contribution in [2.24, 2.45) is 0 Å². The van der Waals surface area contributed by atoms with E-state index in [9.17, 15) is 4.79 Å². The van der Waals surface area contributed by atoms with E-state index in [1.807, 2.05) is 10.7 Å². The van der Waals surface area contributed by atoms with Crippen LogP contribution in [-0.2, 0) is 16.0 Å². The number of ether oxygens (including phenoxy) is 1. The number of anilines is 1. The van der Waals surface area contributed by atoms with Crippen molar-refractivity contribution in [3.05, 3.63) is 47.7 Å². The number of amides is 1. The Bertz CT molecular complexity index is 747. The van der Waals surface area contributed by atoms with Crippen LogP contribution in [0, 0.1) is 0 Å². The Balaban J connectivity index is 0.00000131. The molecule has 1 aliphatic heterocycles. The Morgan fingerprint density at radius 2 is 2.15 bits per heavy atom. The van der Waals surface area contributed by atoms with Gasteiger partial charge in [0.15, 0.2) is 0 Å². The van der Waals surface area contributed by atoms with Crippen molar-refractivity contribution >= 4 is 36.5 Å². The van der Waals surface area contributed by atoms with E-state index in [4.69, 9.17) is 4.74 Å². The summed E-state index contributed by atoms with van der Waals surface area (Å²) in [6.45, 7) is 2.10. The van der Waals surface area contributed by atoms with Crippen molar-refractivity contribution in [1.82, 2.24) is 15.1 Å². The highest BCUT2D eigenvalue weighted by Gasteiger charge is 2.24. The number of nitrogens with one attached hydrogen (secondary N) is 2. The number of carbonyl (C=O) groups excluding carboxylic acids is 1. The fourth-order valence-electron chi connectivity index (χ4n) is 3.81. The van der Waals surface area contributed by atoms with Crippen LogP contribution in [0.3, 0.4) is 0 Å². The number of nitrogens with zero attached hydrogens (tertiary/aromatic N) is 2. The third-order valence-corrected chi connectivity index (χ3v) is 5.00. The lowest BCUT2D eigenvalue weighted by molar-refractivity contribution is -0.117. The molecule has 1 aliphatic carbocycles. The molecular formula is C19H26Cl2N4O2. The molecule has 1 fully saturated rings. The maximum absolute atomic E-state index is 12.4. The average Bonchev–Trinajstić information content (AvgIpc) is 3.09. The van der Waals surface area contributed by atoms with E-state index < -0.39 is 0 Å². The van der Waals surface area contributed by atoms with Gasteiger partial charge >= 0.3 is 0 Å². The van der Waals surface area contributed by atoms with Crippen LogP contribution in [0.15, 0.2) is 36.5 Å². The molecule has 2 aromatic rings. The normalized spacial score (nSPS) is 21.3. The van der Waals surface area contributed by atoms with Crippen LogP contribution >= 0.6 is 24.8 Å². The maximum Gasteiger partial charge on any atom is 0.227 e. The molecule has 8 heteroatoms. The van der Waals surface area contributed by atoms with Crippen LogP contribution in [-0.4, -0.2) is 41.5 Å². The molecule has 2 N–H and O–H groups in total. The molecule has 0 radical (unpaired) electrons. The highest BCUT2D eigenvalue weighted by Crippen LogP contribution is 2.34. The number of rotatable bonds is 4. The van der Waals surface area contributed by atoms with Gasteiger partial charge in [0, 0.05) is 25.1 Å². The fourth-order valence-corrected chi connectivity index (χ4v) is 3.81. The molecule has 0 saturated carbocycles. The Hall–Kier alpha value is -1.60. The largest absolute Gasteiger partial charge is 0.378 e. The average molecular weight is 413 g/mol. The Labute approximate surface area is 171 Å². The SMILES string of the molecule is Cl.Cl.O=C(CC1COCCN1)Nc1ccnn1C1CCCc2ccccc21. The molecule has 148 valence electrons. The number of halogens is 2. The van der Waals surface area contributed by atoms with Crippen molar-refractivity contribution in [2.45, 2.75) is 37.8 Å². The zero-order chi connectivity index (χ0) is 17.1. The Kier molecular flexibility index (Phi) is 8.10. The second-order valence-electron chi connectivity index (χ2n) is 6.75. The fraction of sp³-hybridized carbons (Fsp3) is 0.474. The predicted octanol–water partition coefficient (Wildman–Crippen LogP) is 2.97. The third-order valence-electron chi connectivity index (χ3n) is 5.00. The van der Waals surface area contributed by atoms with Gasteiger partial charge in [-0.15, -0.1) is 24.8 Å². The monoisotopic (exact) mass is 412 g/mol. The van der Waals surface area contributed by atoms with Crippen LogP contribution in [0.4, 0.5) is 5.82 Å². The molecule has 2 aliphatic rings. The molecule has 1 saturated heterocycles. The summed E-state index contributed by atoms with van der Waals surface area (Å²) in [6, 6.07) is 10.7. The summed E-state index contributed by atoms with van der Waals surface area (Å²) in [5.41, 5.74) is 2.70. The van der Waals surface area contributed by atoms with Gasteiger partial charge in [-0.1, -0.05) is 24.3 Å². The maximum atomic E-state index is 12.4. The molecule has 2 heterocycles. The van der Waals surface area contributed by atoms with Gasteiger partial charge in [0.05, 0.1) is 25.5 Å². The first-order valence-corrected chi connectivity index (χ1v) is 9.03. The highest BCUT2D eigenvalue weighted by molar-refractivity contribution is 5.90. The molecular weight excluding hydrogens is 387 g/mol.